The van der Waals surface area contributed by atoms with Crippen molar-refractivity contribution < 1.29 is 19.1 Å². The van der Waals surface area contributed by atoms with Gasteiger partial charge in [-0.15, -0.1) is 0 Å². The summed E-state index contributed by atoms with van der Waals surface area (Å²) in [6.07, 6.45) is 2.31. The second kappa shape index (κ2) is 8.73. The number of carbonyl (C=O) groups is 2. The predicted octanol–water partition coefficient (Wildman–Crippen LogP) is 4.31. The van der Waals surface area contributed by atoms with Crippen molar-refractivity contribution in [1.29, 1.82) is 0 Å². The molecule has 3 aromatic rings. The van der Waals surface area contributed by atoms with Crippen molar-refractivity contribution in [3.8, 4) is 11.5 Å². The molecule has 8 heteroatoms. The molecular formula is C23H20ClN3O4. The van der Waals surface area contributed by atoms with E-state index in [2.05, 4.69) is 15.3 Å². The van der Waals surface area contributed by atoms with Crippen LogP contribution in [0, 0.1) is 0 Å². The van der Waals surface area contributed by atoms with Crippen LogP contribution < -0.4 is 14.8 Å². The van der Waals surface area contributed by atoms with Crippen molar-refractivity contribution in [1.82, 2.24) is 9.97 Å². The number of ketones is 1. The zero-order chi connectivity index (χ0) is 22.0. The number of nitrogens with zero attached hydrogens (tertiary/aromatic N) is 2. The molecule has 0 radical (unpaired) electrons. The molecule has 0 fully saturated rings. The highest BCUT2D eigenvalue weighted by molar-refractivity contribution is 6.34. The molecule has 7 nitrogen and oxygen atoms in total. The van der Waals surface area contributed by atoms with Crippen molar-refractivity contribution in [2.75, 3.05) is 19.5 Å². The van der Waals surface area contributed by atoms with Gasteiger partial charge in [-0.1, -0.05) is 29.8 Å². The van der Waals surface area contributed by atoms with Gasteiger partial charge < -0.3 is 9.47 Å². The second-order valence-electron chi connectivity index (χ2n) is 7.12. The van der Waals surface area contributed by atoms with Crippen LogP contribution >= 0.6 is 11.6 Å². The van der Waals surface area contributed by atoms with E-state index in [0.29, 0.717) is 46.2 Å². The summed E-state index contributed by atoms with van der Waals surface area (Å²) in [7, 11) is 3.17. The fraction of sp³-hybridized carbons (Fsp3) is 0.217. The number of benzene rings is 2. The average molecular weight is 438 g/mol. The minimum absolute atomic E-state index is 0.0481. The second-order valence-corrected chi connectivity index (χ2v) is 7.53. The maximum Gasteiger partial charge on any atom is 0.259 e. The van der Waals surface area contributed by atoms with Gasteiger partial charge in [-0.2, -0.15) is 0 Å². The fourth-order valence-electron chi connectivity index (χ4n) is 3.70. The first-order chi connectivity index (χ1) is 15.0. The first-order valence-corrected chi connectivity index (χ1v) is 10.0. The summed E-state index contributed by atoms with van der Waals surface area (Å²) in [6.45, 7) is 0. The summed E-state index contributed by atoms with van der Waals surface area (Å²) in [5.41, 5.74) is 2.29. The predicted molar refractivity (Wildman–Crippen MR) is 116 cm³/mol. The van der Waals surface area contributed by atoms with Crippen molar-refractivity contribution in [2.45, 2.75) is 18.8 Å². The van der Waals surface area contributed by atoms with E-state index in [0.717, 1.165) is 5.56 Å². The smallest absolute Gasteiger partial charge is 0.259 e. The summed E-state index contributed by atoms with van der Waals surface area (Å²) in [5, 5.41) is 2.99. The highest BCUT2D eigenvalue weighted by Crippen LogP contribution is 2.38. The van der Waals surface area contributed by atoms with Crippen molar-refractivity contribution >= 4 is 29.2 Å². The number of rotatable bonds is 5. The first kappa shape index (κ1) is 20.8. The Bertz CT molecular complexity index is 1170. The zero-order valence-electron chi connectivity index (χ0n) is 17.0. The normalized spacial score (nSPS) is 15.2. The highest BCUT2D eigenvalue weighted by Gasteiger charge is 2.30. The third kappa shape index (κ3) is 4.22. The van der Waals surface area contributed by atoms with Crippen LogP contribution in [0.5, 0.6) is 11.5 Å². The lowest BCUT2D eigenvalue weighted by atomic mass is 9.82. The third-order valence-corrected chi connectivity index (χ3v) is 5.59. The van der Waals surface area contributed by atoms with E-state index in [9.17, 15) is 9.59 Å². The Balaban J connectivity index is 1.61. The molecule has 1 unspecified atom stereocenters. The fourth-order valence-corrected chi connectivity index (χ4v) is 3.92. The third-order valence-electron chi connectivity index (χ3n) is 5.26. The number of carbonyl (C=O) groups excluding carboxylic acids is 2. The van der Waals surface area contributed by atoms with Crippen molar-refractivity contribution in [2.24, 2.45) is 0 Å². The number of methoxy groups -OCH3 is 2. The van der Waals surface area contributed by atoms with Crippen LogP contribution in [-0.2, 0) is 6.42 Å². The molecule has 1 amide bonds. The number of aromatic nitrogens is 2. The SMILES string of the molecule is COc1ccc(C2CC(=O)c3cnc(NC(=O)c4ccccc4Cl)nc3C2)c(OC)c1. The molecule has 0 saturated carbocycles. The Hall–Kier alpha value is -3.45. The van der Waals surface area contributed by atoms with Crippen LogP contribution in [0.1, 0.15) is 44.3 Å². The molecule has 1 N–H and O–H groups in total. The summed E-state index contributed by atoms with van der Waals surface area (Å²) < 4.78 is 10.8. The van der Waals surface area contributed by atoms with Crippen LogP contribution in [0.2, 0.25) is 5.02 Å². The highest BCUT2D eigenvalue weighted by atomic mass is 35.5. The van der Waals surface area contributed by atoms with Gasteiger partial charge in [0.05, 0.1) is 36.1 Å². The number of hydrogen-bond donors (Lipinski definition) is 1. The Morgan fingerprint density at radius 1 is 1.13 bits per heavy atom. The molecule has 4 rings (SSSR count). The lowest BCUT2D eigenvalue weighted by Crippen LogP contribution is -2.23. The van der Waals surface area contributed by atoms with Gasteiger partial charge in [0.2, 0.25) is 5.95 Å². The van der Waals surface area contributed by atoms with Crippen LogP contribution in [0.15, 0.2) is 48.7 Å². The van der Waals surface area contributed by atoms with Gasteiger partial charge in [0.25, 0.3) is 5.91 Å². The minimum Gasteiger partial charge on any atom is -0.497 e. The van der Waals surface area contributed by atoms with E-state index in [1.54, 1.807) is 44.6 Å². The molecule has 1 heterocycles. The van der Waals surface area contributed by atoms with Gasteiger partial charge >= 0.3 is 0 Å². The number of ether oxygens (including phenoxy) is 2. The maximum absolute atomic E-state index is 12.7. The molecule has 0 aliphatic heterocycles. The van der Waals surface area contributed by atoms with Gasteiger partial charge in [0.15, 0.2) is 5.78 Å². The Labute approximate surface area is 184 Å². The van der Waals surface area contributed by atoms with Crippen LogP contribution in [-0.4, -0.2) is 35.9 Å². The Morgan fingerprint density at radius 3 is 2.68 bits per heavy atom. The van der Waals surface area contributed by atoms with Crippen LogP contribution in [0.4, 0.5) is 5.95 Å². The molecule has 0 bridgehead atoms. The summed E-state index contributed by atoms with van der Waals surface area (Å²) in [5.74, 6) is 0.882. The topological polar surface area (TPSA) is 90.4 Å². The number of anilines is 1. The van der Waals surface area contributed by atoms with Gasteiger partial charge in [-0.05, 0) is 30.2 Å². The van der Waals surface area contributed by atoms with Crippen molar-refractivity contribution in [3.05, 3.63) is 76.1 Å². The van der Waals surface area contributed by atoms with E-state index in [-0.39, 0.29) is 17.6 Å². The zero-order valence-corrected chi connectivity index (χ0v) is 17.8. The first-order valence-electron chi connectivity index (χ1n) is 9.67. The quantitative estimate of drug-likeness (QED) is 0.639. The number of fused-ring (bicyclic) bond motifs is 1. The summed E-state index contributed by atoms with van der Waals surface area (Å²) in [4.78, 5) is 33.9. The number of halogens is 1. The van der Waals surface area contributed by atoms with E-state index in [1.165, 1.54) is 6.20 Å². The lowest BCUT2D eigenvalue weighted by molar-refractivity contribution is 0.0962. The average Bonchev–Trinajstić information content (AvgIpc) is 2.78. The van der Waals surface area contributed by atoms with Crippen LogP contribution in [0.3, 0.4) is 0 Å². The van der Waals surface area contributed by atoms with E-state index in [1.807, 2.05) is 12.1 Å². The monoisotopic (exact) mass is 437 g/mol. The molecule has 0 spiro atoms. The molecule has 31 heavy (non-hydrogen) atoms. The maximum atomic E-state index is 12.7. The molecule has 1 aliphatic rings. The van der Waals surface area contributed by atoms with Gasteiger partial charge in [0.1, 0.15) is 11.5 Å². The minimum atomic E-state index is -0.416. The molecule has 1 aliphatic carbocycles. The van der Waals surface area contributed by atoms with Gasteiger partial charge in [-0.25, -0.2) is 9.97 Å². The Kier molecular flexibility index (Phi) is 5.86. The largest absolute Gasteiger partial charge is 0.497 e. The number of Topliss-reactive ketones (excluding diaryl/α,β-unsaturated/α-hetero) is 1. The molecule has 2 aromatic carbocycles. The Morgan fingerprint density at radius 2 is 1.94 bits per heavy atom. The summed E-state index contributed by atoms with van der Waals surface area (Å²) >= 11 is 6.09. The number of amides is 1. The standard InChI is InChI=1S/C23H20ClN3O4/c1-30-14-7-8-15(21(11-14)31-2)13-9-19-17(20(28)10-13)12-25-23(26-19)27-22(29)16-5-3-4-6-18(16)24/h3-8,11-13H,9-10H2,1-2H3,(H,25,26,27,29). The van der Waals surface area contributed by atoms with Crippen molar-refractivity contribution in [3.63, 3.8) is 0 Å². The molecular weight excluding hydrogens is 418 g/mol. The lowest BCUT2D eigenvalue weighted by Gasteiger charge is -2.25. The number of nitrogens with one attached hydrogen (secondary N) is 1. The van der Waals surface area contributed by atoms with E-state index < -0.39 is 5.91 Å². The van der Waals surface area contributed by atoms with Gasteiger partial charge in [0, 0.05) is 24.6 Å². The van der Waals surface area contributed by atoms with Crippen LogP contribution in [0.25, 0.3) is 0 Å². The van der Waals surface area contributed by atoms with Gasteiger partial charge in [-0.3, -0.25) is 14.9 Å². The molecule has 1 aromatic heterocycles. The molecule has 0 saturated heterocycles. The molecule has 158 valence electrons. The number of hydrogen-bond acceptors (Lipinski definition) is 6. The van der Waals surface area contributed by atoms with E-state index in [4.69, 9.17) is 21.1 Å². The molecule has 1 atom stereocenters. The van der Waals surface area contributed by atoms with E-state index >= 15 is 0 Å². The summed E-state index contributed by atoms with van der Waals surface area (Å²) in [6, 6.07) is 12.3.